The molecule has 40 heavy (non-hydrogen) atoms. The van der Waals surface area contributed by atoms with Crippen LogP contribution >= 0.6 is 8.17 Å². The Morgan fingerprint density at radius 3 is 2.67 bits per heavy atom. The number of carboxylic acid groups (broad SMARTS) is 1. The molecule has 3 heterocycles. The molecule has 0 spiro atoms. The SMILES string of the molecule is CCN(CC)c1nc(N)nc2c1ncn2[C@@H]1O[C@H](COc2ccccc2O[P+]([O-])=N[C@@H](C)C(=O)O)[C@@H](O)[C@@]1(C)F. The van der Waals surface area contributed by atoms with Crippen molar-refractivity contribution in [2.45, 2.75) is 57.8 Å². The van der Waals surface area contributed by atoms with Gasteiger partial charge in [0.15, 0.2) is 40.7 Å². The van der Waals surface area contributed by atoms with E-state index in [1.807, 2.05) is 18.7 Å². The molecule has 1 fully saturated rings. The standard InChI is InChI=1S/C24H31FN7O7P/c1-5-31(6-2)19-17-20(29-23(26)28-19)32(12-27-17)22-24(4,25)18(33)16(38-22)11-37-14-9-7-8-10-15(14)39-40(36)30-13(3)21(34)35/h7-10,12-13,16,18,22,33H,5-6,11H2,1-4H3,(H,34,35)(H2,26,28,29)/t13-,16+,18+,22+,24+/m0/s1. The molecule has 4 N–H and O–H groups in total. The van der Waals surface area contributed by atoms with Gasteiger partial charge in [0.1, 0.15) is 18.8 Å². The summed E-state index contributed by atoms with van der Waals surface area (Å²) < 4.78 is 37.9. The Bertz CT molecular complexity index is 1400. The highest BCUT2D eigenvalue weighted by Gasteiger charge is 2.55. The predicted molar refractivity (Wildman–Crippen MR) is 142 cm³/mol. The number of para-hydroxylation sites is 2. The molecule has 0 radical (unpaired) electrons. The lowest BCUT2D eigenvalue weighted by Crippen LogP contribution is -2.41. The van der Waals surface area contributed by atoms with E-state index in [-0.39, 0.29) is 29.7 Å². The first-order valence-corrected chi connectivity index (χ1v) is 13.7. The van der Waals surface area contributed by atoms with E-state index in [0.29, 0.717) is 24.4 Å². The zero-order valence-electron chi connectivity index (χ0n) is 22.3. The number of halogens is 1. The van der Waals surface area contributed by atoms with Crippen LogP contribution in [0.25, 0.3) is 11.2 Å². The third-order valence-electron chi connectivity index (χ3n) is 6.51. The number of aromatic nitrogens is 4. The van der Waals surface area contributed by atoms with E-state index in [1.54, 1.807) is 12.1 Å². The van der Waals surface area contributed by atoms with Gasteiger partial charge < -0.3 is 35.2 Å². The number of imidazole rings is 1. The quantitative estimate of drug-likeness (QED) is 0.280. The van der Waals surface area contributed by atoms with Crippen LogP contribution in [0.4, 0.5) is 16.2 Å². The number of hydrogen-bond acceptors (Lipinski definition) is 12. The highest BCUT2D eigenvalue weighted by Crippen LogP contribution is 2.43. The van der Waals surface area contributed by atoms with Crippen molar-refractivity contribution >= 4 is 37.1 Å². The Morgan fingerprint density at radius 2 is 2.02 bits per heavy atom. The summed E-state index contributed by atoms with van der Waals surface area (Å²) in [6.45, 7) is 7.36. The van der Waals surface area contributed by atoms with Crippen molar-refractivity contribution in [1.82, 2.24) is 19.5 Å². The molecule has 1 aliphatic heterocycles. The number of aliphatic hydroxyl groups excluding tert-OH is 1. The van der Waals surface area contributed by atoms with Crippen LogP contribution in [0, 0.1) is 0 Å². The number of ether oxygens (including phenoxy) is 2. The monoisotopic (exact) mass is 579 g/mol. The summed E-state index contributed by atoms with van der Waals surface area (Å²) in [7, 11) is -2.71. The first-order valence-electron chi connectivity index (χ1n) is 12.6. The van der Waals surface area contributed by atoms with Crippen LogP contribution < -0.4 is 24.8 Å². The van der Waals surface area contributed by atoms with Gasteiger partial charge in [-0.1, -0.05) is 16.9 Å². The summed E-state index contributed by atoms with van der Waals surface area (Å²) >= 11 is 0. The zero-order chi connectivity index (χ0) is 29.2. The van der Waals surface area contributed by atoms with Gasteiger partial charge in [-0.05, 0) is 39.8 Å². The summed E-state index contributed by atoms with van der Waals surface area (Å²) in [5, 5.41) is 19.8. The first kappa shape index (κ1) is 29.3. The number of nitrogens with two attached hydrogens (primary N) is 1. The molecule has 0 amide bonds. The minimum absolute atomic E-state index is 0.0189. The topological polar surface area (TPSA) is 194 Å². The van der Waals surface area contributed by atoms with Gasteiger partial charge in [-0.2, -0.15) is 9.97 Å². The Hall–Kier alpha value is -3.65. The lowest BCUT2D eigenvalue weighted by molar-refractivity contribution is -0.169. The predicted octanol–water partition coefficient (Wildman–Crippen LogP) is 2.03. The molecular weight excluding hydrogens is 548 g/mol. The third kappa shape index (κ3) is 5.77. The molecule has 0 aliphatic carbocycles. The number of carbonyl (C=O) groups is 1. The summed E-state index contributed by atoms with van der Waals surface area (Å²) in [4.78, 5) is 38.1. The maximum Gasteiger partial charge on any atom is 0.395 e. The van der Waals surface area contributed by atoms with E-state index < -0.39 is 44.3 Å². The second kappa shape index (κ2) is 11.8. The minimum atomic E-state index is -2.71. The number of benzene rings is 1. The van der Waals surface area contributed by atoms with Gasteiger partial charge in [-0.25, -0.2) is 14.2 Å². The van der Waals surface area contributed by atoms with Crippen LogP contribution in [-0.2, 0) is 9.53 Å². The van der Waals surface area contributed by atoms with Crippen molar-refractivity contribution in [2.75, 3.05) is 30.3 Å². The van der Waals surface area contributed by atoms with Crippen LogP contribution in [0.2, 0.25) is 0 Å². The van der Waals surface area contributed by atoms with Gasteiger partial charge >= 0.3 is 14.1 Å². The maximum absolute atomic E-state index is 16.0. The Balaban J connectivity index is 1.56. The van der Waals surface area contributed by atoms with Gasteiger partial charge in [0.25, 0.3) is 0 Å². The van der Waals surface area contributed by atoms with E-state index in [9.17, 15) is 14.8 Å². The highest BCUT2D eigenvalue weighted by atomic mass is 31.1. The fraction of sp³-hybridized carbons (Fsp3) is 0.500. The number of hydrogen-bond donors (Lipinski definition) is 3. The number of anilines is 2. The van der Waals surface area contributed by atoms with Crippen molar-refractivity contribution in [3.8, 4) is 11.5 Å². The molecule has 16 heteroatoms. The Labute approximate surface area is 230 Å². The zero-order valence-corrected chi connectivity index (χ0v) is 23.2. The summed E-state index contributed by atoms with van der Waals surface area (Å²) in [6.07, 6.45) is -2.69. The number of carboxylic acids is 1. The second-order valence-corrected chi connectivity index (χ2v) is 10.1. The molecule has 14 nitrogen and oxygen atoms in total. The fourth-order valence-corrected chi connectivity index (χ4v) is 5.05. The number of rotatable bonds is 11. The third-order valence-corrected chi connectivity index (χ3v) is 7.39. The molecule has 0 saturated carbocycles. The van der Waals surface area contributed by atoms with Crippen LogP contribution in [0.15, 0.2) is 35.3 Å². The summed E-state index contributed by atoms with van der Waals surface area (Å²) in [5.74, 6) is -0.633. The smallest absolute Gasteiger partial charge is 0.395 e. The molecule has 4 rings (SSSR count). The van der Waals surface area contributed by atoms with Crippen LogP contribution in [-0.4, -0.2) is 79.3 Å². The fourth-order valence-electron chi connectivity index (χ4n) is 4.30. The molecule has 216 valence electrons. The van der Waals surface area contributed by atoms with Crippen LogP contribution in [0.3, 0.4) is 0 Å². The number of aliphatic hydroxyl groups is 1. The summed E-state index contributed by atoms with van der Waals surface area (Å²) in [5.41, 5.74) is 4.34. The Kier molecular flexibility index (Phi) is 8.68. The molecule has 6 atom stereocenters. The molecule has 1 aromatic carbocycles. The number of fused-ring (bicyclic) bond motifs is 1. The number of alkyl halides is 1. The van der Waals surface area contributed by atoms with Crippen molar-refractivity contribution in [3.05, 3.63) is 30.6 Å². The van der Waals surface area contributed by atoms with Gasteiger partial charge in [0.05, 0.1) is 6.33 Å². The van der Waals surface area contributed by atoms with Gasteiger partial charge in [-0.15, -0.1) is 0 Å². The largest absolute Gasteiger partial charge is 0.575 e. The minimum Gasteiger partial charge on any atom is -0.575 e. The first-order chi connectivity index (χ1) is 19.0. The van der Waals surface area contributed by atoms with Gasteiger partial charge in [0.2, 0.25) is 11.7 Å². The van der Waals surface area contributed by atoms with Crippen LogP contribution in [0.1, 0.15) is 33.9 Å². The van der Waals surface area contributed by atoms with E-state index >= 15 is 4.39 Å². The maximum atomic E-state index is 16.0. The Morgan fingerprint density at radius 1 is 1.35 bits per heavy atom. The molecule has 1 aliphatic rings. The van der Waals surface area contributed by atoms with Crippen LogP contribution in [0.5, 0.6) is 11.5 Å². The molecule has 2 aromatic heterocycles. The average Bonchev–Trinajstić information content (AvgIpc) is 3.41. The molecule has 0 bridgehead atoms. The van der Waals surface area contributed by atoms with Crippen molar-refractivity contribution in [3.63, 3.8) is 0 Å². The molecular formula is C24H31FN7O7P. The number of nitrogen functional groups attached to an aromatic ring is 1. The normalized spacial score (nSPS) is 23.8. The molecule has 1 saturated heterocycles. The number of nitrogens with zero attached hydrogens (tertiary/aromatic N) is 6. The molecule has 1 unspecified atom stereocenters. The second-order valence-electron chi connectivity index (χ2n) is 9.24. The van der Waals surface area contributed by atoms with Crippen molar-refractivity contribution < 1.29 is 38.3 Å². The van der Waals surface area contributed by atoms with Gasteiger partial charge in [0, 0.05) is 13.1 Å². The summed E-state index contributed by atoms with van der Waals surface area (Å²) in [6, 6.07) is 4.93. The van der Waals surface area contributed by atoms with E-state index in [2.05, 4.69) is 19.7 Å². The number of aliphatic carboxylic acids is 1. The lowest BCUT2D eigenvalue weighted by Gasteiger charge is -2.25. The van der Waals surface area contributed by atoms with E-state index in [1.165, 1.54) is 36.9 Å². The van der Waals surface area contributed by atoms with E-state index in [4.69, 9.17) is 24.8 Å². The van der Waals surface area contributed by atoms with Gasteiger partial charge in [-0.3, -0.25) is 9.09 Å². The van der Waals surface area contributed by atoms with Crippen molar-refractivity contribution in [1.29, 1.82) is 0 Å². The average molecular weight is 580 g/mol. The van der Waals surface area contributed by atoms with Crippen molar-refractivity contribution in [2.24, 2.45) is 4.74 Å². The lowest BCUT2D eigenvalue weighted by atomic mass is 9.98. The molecule has 3 aromatic rings. The van der Waals surface area contributed by atoms with E-state index in [0.717, 1.165) is 0 Å². The highest BCUT2D eigenvalue weighted by molar-refractivity contribution is 7.34.